The third-order valence-electron chi connectivity index (χ3n) is 5.58. The number of halogens is 6. The lowest BCUT2D eigenvalue weighted by molar-refractivity contribution is -0.138. The van der Waals surface area contributed by atoms with Crippen molar-refractivity contribution in [3.8, 4) is 0 Å². The average Bonchev–Trinajstić information content (AvgIpc) is 2.89. The highest BCUT2D eigenvalue weighted by molar-refractivity contribution is 5.71. The molecule has 0 saturated heterocycles. The van der Waals surface area contributed by atoms with Gasteiger partial charge in [0.15, 0.2) is 0 Å². The Morgan fingerprint density at radius 3 is 2.19 bits per heavy atom. The Kier molecular flexibility index (Phi) is 5.88. The van der Waals surface area contributed by atoms with E-state index in [9.17, 15) is 26.3 Å². The SMILES string of the molecule is FC(F)(F)c1ccc2c(c1)CCc1ncc(C(F)(F)F)cc1N2CCCc1ccccc1. The normalized spacial score (nSPS) is 14.0. The summed E-state index contributed by atoms with van der Waals surface area (Å²) in [5, 5.41) is 0. The maximum absolute atomic E-state index is 13.4. The van der Waals surface area contributed by atoms with Crippen LogP contribution in [0.4, 0.5) is 37.7 Å². The van der Waals surface area contributed by atoms with Crippen molar-refractivity contribution >= 4 is 11.4 Å². The monoisotopic (exact) mass is 450 g/mol. The Bertz CT molecular complexity index is 1090. The van der Waals surface area contributed by atoms with Gasteiger partial charge in [-0.15, -0.1) is 0 Å². The number of hydrogen-bond donors (Lipinski definition) is 0. The van der Waals surface area contributed by atoms with E-state index < -0.39 is 23.5 Å². The molecule has 168 valence electrons. The predicted molar refractivity (Wildman–Crippen MR) is 110 cm³/mol. The minimum absolute atomic E-state index is 0.261. The number of fused-ring (bicyclic) bond motifs is 2. The predicted octanol–water partition coefficient (Wildman–Crippen LogP) is 6.99. The number of nitrogens with zero attached hydrogens (tertiary/aromatic N) is 2. The van der Waals surface area contributed by atoms with Crippen LogP contribution in [0.5, 0.6) is 0 Å². The van der Waals surface area contributed by atoms with Crippen molar-refractivity contribution < 1.29 is 26.3 Å². The first-order valence-electron chi connectivity index (χ1n) is 10.2. The summed E-state index contributed by atoms with van der Waals surface area (Å²) in [7, 11) is 0. The van der Waals surface area contributed by atoms with Crippen LogP contribution < -0.4 is 4.90 Å². The molecule has 0 aliphatic carbocycles. The third-order valence-corrected chi connectivity index (χ3v) is 5.58. The van der Waals surface area contributed by atoms with E-state index in [0.717, 1.165) is 30.0 Å². The minimum atomic E-state index is -4.56. The van der Waals surface area contributed by atoms with E-state index in [-0.39, 0.29) is 12.8 Å². The van der Waals surface area contributed by atoms with Gasteiger partial charge in [-0.1, -0.05) is 30.3 Å². The largest absolute Gasteiger partial charge is 0.417 e. The van der Waals surface area contributed by atoms with Crippen molar-refractivity contribution in [2.24, 2.45) is 0 Å². The van der Waals surface area contributed by atoms with Gasteiger partial charge >= 0.3 is 12.4 Å². The molecule has 32 heavy (non-hydrogen) atoms. The lowest BCUT2D eigenvalue weighted by Gasteiger charge is -2.28. The maximum Gasteiger partial charge on any atom is 0.417 e. The molecule has 0 radical (unpaired) electrons. The molecule has 1 aromatic heterocycles. The fraction of sp³-hybridized carbons (Fsp3) is 0.292. The number of anilines is 2. The first-order chi connectivity index (χ1) is 15.1. The zero-order valence-electron chi connectivity index (χ0n) is 17.0. The average molecular weight is 450 g/mol. The molecule has 0 N–H and O–H groups in total. The van der Waals surface area contributed by atoms with Crippen molar-refractivity contribution in [1.82, 2.24) is 4.98 Å². The Morgan fingerprint density at radius 2 is 1.50 bits per heavy atom. The standard InChI is InChI=1S/C24H20F6N2/c25-23(26,27)18-9-11-21-17(13-18)8-10-20-22(14-19(15-31-20)24(28,29)30)32(21)12-4-7-16-5-2-1-3-6-16/h1-3,5-6,9,11,13-15H,4,7-8,10,12H2. The molecule has 0 spiro atoms. The molecule has 2 aromatic carbocycles. The van der Waals surface area contributed by atoms with Crippen LogP contribution in [0.1, 0.15) is 34.4 Å². The van der Waals surface area contributed by atoms with Crippen molar-refractivity contribution in [1.29, 1.82) is 0 Å². The summed E-state index contributed by atoms with van der Waals surface area (Å²) in [5.74, 6) is 0. The van der Waals surface area contributed by atoms with Crippen LogP contribution in [0.25, 0.3) is 0 Å². The Morgan fingerprint density at radius 1 is 0.781 bits per heavy atom. The summed E-state index contributed by atoms with van der Waals surface area (Å²) < 4.78 is 79.8. The molecule has 0 unspecified atom stereocenters. The van der Waals surface area contributed by atoms with Gasteiger partial charge in [0.2, 0.25) is 0 Å². The molecule has 0 fully saturated rings. The molecular formula is C24H20F6N2. The van der Waals surface area contributed by atoms with Crippen LogP contribution in [0, 0.1) is 0 Å². The van der Waals surface area contributed by atoms with Crippen LogP contribution in [0.15, 0.2) is 60.8 Å². The lowest BCUT2D eigenvalue weighted by atomic mass is 10.0. The zero-order valence-corrected chi connectivity index (χ0v) is 17.0. The number of alkyl halides is 6. The molecule has 0 bridgehead atoms. The van der Waals surface area contributed by atoms with Crippen molar-refractivity contribution in [2.45, 2.75) is 38.0 Å². The van der Waals surface area contributed by atoms with Crippen molar-refractivity contribution in [3.63, 3.8) is 0 Å². The van der Waals surface area contributed by atoms with E-state index in [4.69, 9.17) is 0 Å². The molecule has 3 aromatic rings. The van der Waals surface area contributed by atoms with E-state index in [2.05, 4.69) is 4.98 Å². The van der Waals surface area contributed by atoms with Crippen LogP contribution in [0.3, 0.4) is 0 Å². The summed E-state index contributed by atoms with van der Waals surface area (Å²) >= 11 is 0. The fourth-order valence-electron chi connectivity index (χ4n) is 4.00. The van der Waals surface area contributed by atoms with E-state index in [1.54, 1.807) is 4.90 Å². The number of aromatic nitrogens is 1. The lowest BCUT2D eigenvalue weighted by Crippen LogP contribution is -2.22. The van der Waals surface area contributed by atoms with Gasteiger partial charge in [0, 0.05) is 18.4 Å². The summed E-state index contributed by atoms with van der Waals surface area (Å²) in [6.07, 6.45) is -6.44. The smallest absolute Gasteiger partial charge is 0.340 e. The van der Waals surface area contributed by atoms with Crippen molar-refractivity contribution in [3.05, 3.63) is 88.7 Å². The van der Waals surface area contributed by atoms with Gasteiger partial charge in [0.25, 0.3) is 0 Å². The Balaban J connectivity index is 1.73. The second-order valence-electron chi connectivity index (χ2n) is 7.77. The molecule has 0 amide bonds. The molecule has 0 saturated carbocycles. The van der Waals surface area contributed by atoms with Crippen LogP contribution in [0.2, 0.25) is 0 Å². The molecule has 2 heterocycles. The highest BCUT2D eigenvalue weighted by Gasteiger charge is 2.35. The quantitative estimate of drug-likeness (QED) is 0.399. The van der Waals surface area contributed by atoms with E-state index >= 15 is 0 Å². The summed E-state index contributed by atoms with van der Waals surface area (Å²) in [5.41, 5.74) is 1.12. The second-order valence-corrected chi connectivity index (χ2v) is 7.77. The fourth-order valence-corrected chi connectivity index (χ4v) is 4.00. The minimum Gasteiger partial charge on any atom is -0.340 e. The van der Waals surface area contributed by atoms with Gasteiger partial charge in [0.05, 0.1) is 22.5 Å². The summed E-state index contributed by atoms with van der Waals surface area (Å²) in [6.45, 7) is 0.350. The molecule has 4 rings (SSSR count). The van der Waals surface area contributed by atoms with E-state index in [0.29, 0.717) is 42.0 Å². The van der Waals surface area contributed by atoms with Crippen molar-refractivity contribution in [2.75, 3.05) is 11.4 Å². The highest BCUT2D eigenvalue weighted by atomic mass is 19.4. The number of pyridine rings is 1. The molecule has 1 aliphatic heterocycles. The summed E-state index contributed by atoms with van der Waals surface area (Å²) in [4.78, 5) is 5.72. The Hall–Kier alpha value is -3.03. The summed E-state index contributed by atoms with van der Waals surface area (Å²) in [6, 6.07) is 14.1. The van der Waals surface area contributed by atoms with E-state index in [1.165, 1.54) is 6.07 Å². The van der Waals surface area contributed by atoms with Gasteiger partial charge in [-0.3, -0.25) is 4.98 Å². The molecule has 0 atom stereocenters. The number of aryl methyl sites for hydroxylation is 3. The first-order valence-corrected chi connectivity index (χ1v) is 10.2. The Labute approximate surface area is 181 Å². The van der Waals surface area contributed by atoms with Gasteiger partial charge in [0.1, 0.15) is 0 Å². The molecule has 8 heteroatoms. The van der Waals surface area contributed by atoms with Crippen LogP contribution in [-0.4, -0.2) is 11.5 Å². The molecular weight excluding hydrogens is 430 g/mol. The number of hydrogen-bond acceptors (Lipinski definition) is 2. The highest BCUT2D eigenvalue weighted by Crippen LogP contribution is 2.41. The van der Waals surface area contributed by atoms with Crippen LogP contribution in [-0.2, 0) is 31.6 Å². The maximum atomic E-state index is 13.4. The van der Waals surface area contributed by atoms with Crippen LogP contribution >= 0.6 is 0 Å². The topological polar surface area (TPSA) is 16.1 Å². The van der Waals surface area contributed by atoms with E-state index in [1.807, 2.05) is 30.3 Å². The zero-order chi connectivity index (χ0) is 22.9. The van der Waals surface area contributed by atoms with Gasteiger partial charge in [-0.2, -0.15) is 26.3 Å². The van der Waals surface area contributed by atoms with Gasteiger partial charge in [-0.05, 0) is 61.1 Å². The first kappa shape index (κ1) is 22.2. The number of rotatable bonds is 4. The molecule has 2 nitrogen and oxygen atoms in total. The van der Waals surface area contributed by atoms with Gasteiger partial charge in [-0.25, -0.2) is 0 Å². The number of benzene rings is 2. The van der Waals surface area contributed by atoms with Gasteiger partial charge < -0.3 is 4.90 Å². The third kappa shape index (κ3) is 4.74. The second kappa shape index (κ2) is 8.48. The molecule has 1 aliphatic rings.